The van der Waals surface area contributed by atoms with Gasteiger partial charge in [0, 0.05) is 17.3 Å². The van der Waals surface area contributed by atoms with E-state index >= 15 is 0 Å². The first-order valence-corrected chi connectivity index (χ1v) is 7.92. The smallest absolute Gasteiger partial charge is 0.335 e. The average molecular weight is 333 g/mol. The van der Waals surface area contributed by atoms with Crippen molar-refractivity contribution in [3.8, 4) is 0 Å². The molecule has 0 unspecified atom stereocenters. The zero-order valence-electron chi connectivity index (χ0n) is 13.3. The van der Waals surface area contributed by atoms with Crippen LogP contribution in [-0.4, -0.2) is 11.1 Å². The Kier molecular flexibility index (Phi) is 3.42. The fourth-order valence-corrected chi connectivity index (χ4v) is 3.17. The van der Waals surface area contributed by atoms with Crippen LogP contribution < -0.4 is 11.2 Å². The van der Waals surface area contributed by atoms with Crippen LogP contribution in [0.3, 0.4) is 0 Å². The maximum Gasteiger partial charge on any atom is 0.335 e. The summed E-state index contributed by atoms with van der Waals surface area (Å²) in [5, 5.41) is 9.51. The molecule has 0 radical (unpaired) electrons. The minimum Gasteiger partial charge on any atom is -0.478 e. The molecular weight excluding hydrogens is 318 g/mol. The zero-order chi connectivity index (χ0) is 17.6. The summed E-state index contributed by atoms with van der Waals surface area (Å²) >= 11 is 0. The molecule has 0 aliphatic heterocycles. The maximum atomic E-state index is 12.7. The summed E-state index contributed by atoms with van der Waals surface area (Å²) in [4.78, 5) is 23.6. The molecule has 5 heteroatoms. The third-order valence-electron chi connectivity index (χ3n) is 4.45. The second-order valence-corrected chi connectivity index (χ2v) is 6.09. The van der Waals surface area contributed by atoms with Crippen molar-refractivity contribution in [2.75, 3.05) is 5.73 Å². The Morgan fingerprint density at radius 1 is 1.12 bits per heavy atom. The number of rotatable bonds is 2. The number of hydrogen-bond donors (Lipinski definition) is 2. The second kappa shape index (κ2) is 5.63. The van der Waals surface area contributed by atoms with Crippen LogP contribution in [0.4, 0.5) is 5.69 Å². The summed E-state index contributed by atoms with van der Waals surface area (Å²) in [5.74, 6) is -0.356. The van der Waals surface area contributed by atoms with Crippen molar-refractivity contribution in [2.45, 2.75) is 12.8 Å². The summed E-state index contributed by atoms with van der Waals surface area (Å²) in [6.45, 7) is 0. The van der Waals surface area contributed by atoms with E-state index in [2.05, 4.69) is 0 Å². The van der Waals surface area contributed by atoms with Gasteiger partial charge in [-0.25, -0.2) is 4.79 Å². The molecular formula is C20H15NO4. The molecule has 3 N–H and O–H groups in total. The van der Waals surface area contributed by atoms with Crippen LogP contribution in [0, 0.1) is 0 Å². The molecule has 0 saturated heterocycles. The topological polar surface area (TPSA) is 93.5 Å². The van der Waals surface area contributed by atoms with E-state index in [9.17, 15) is 9.59 Å². The summed E-state index contributed by atoms with van der Waals surface area (Å²) in [7, 11) is 0. The number of fused-ring (bicyclic) bond motifs is 2. The molecule has 0 bridgehead atoms. The first-order valence-electron chi connectivity index (χ1n) is 7.92. The van der Waals surface area contributed by atoms with Gasteiger partial charge < -0.3 is 15.3 Å². The average Bonchev–Trinajstić information content (AvgIpc) is 2.98. The fourth-order valence-electron chi connectivity index (χ4n) is 3.17. The van der Waals surface area contributed by atoms with Gasteiger partial charge in [0.2, 0.25) is 0 Å². The van der Waals surface area contributed by atoms with Crippen LogP contribution >= 0.6 is 0 Å². The largest absolute Gasteiger partial charge is 0.478 e. The molecule has 4 rings (SSSR count). The molecule has 0 fully saturated rings. The van der Waals surface area contributed by atoms with Crippen molar-refractivity contribution >= 4 is 34.3 Å². The zero-order valence-corrected chi connectivity index (χ0v) is 13.3. The standard InChI is InChI=1S/C20H15NO4/c21-14-6-8-15-17(10-14)25-19-13(5-7-16(19)18(15)22)9-11-1-3-12(4-2-11)20(23)24/h1-4,6,8-10H,5,7,21H2,(H,23,24). The van der Waals surface area contributed by atoms with Gasteiger partial charge >= 0.3 is 5.97 Å². The third kappa shape index (κ3) is 2.59. The first-order chi connectivity index (χ1) is 12.0. The number of nitrogens with two attached hydrogens (primary N) is 1. The second-order valence-electron chi connectivity index (χ2n) is 6.09. The van der Waals surface area contributed by atoms with Crippen molar-refractivity contribution < 1.29 is 14.3 Å². The normalized spacial score (nSPS) is 14.8. The molecule has 0 saturated carbocycles. The highest BCUT2D eigenvalue weighted by molar-refractivity contribution is 5.90. The maximum absolute atomic E-state index is 12.7. The predicted molar refractivity (Wildman–Crippen MR) is 96.5 cm³/mol. The lowest BCUT2D eigenvalue weighted by Crippen LogP contribution is -2.08. The van der Waals surface area contributed by atoms with Gasteiger partial charge in [0.05, 0.1) is 10.9 Å². The van der Waals surface area contributed by atoms with Gasteiger partial charge in [-0.3, -0.25) is 4.79 Å². The summed E-state index contributed by atoms with van der Waals surface area (Å²) in [5.41, 5.74) is 9.52. The Morgan fingerprint density at radius 2 is 1.88 bits per heavy atom. The molecule has 5 nitrogen and oxygen atoms in total. The van der Waals surface area contributed by atoms with Crippen molar-refractivity contribution in [1.82, 2.24) is 0 Å². The molecule has 1 aliphatic rings. The SMILES string of the molecule is Nc1ccc2c(=O)c3c(oc2c1)C(=Cc1ccc(C(=O)O)cc1)CC3. The van der Waals surface area contributed by atoms with E-state index in [1.165, 1.54) is 0 Å². The molecule has 1 aromatic heterocycles. The summed E-state index contributed by atoms with van der Waals surface area (Å²) in [6, 6.07) is 11.7. The molecule has 0 atom stereocenters. The van der Waals surface area contributed by atoms with E-state index in [0.717, 1.165) is 11.1 Å². The molecule has 25 heavy (non-hydrogen) atoms. The number of carboxylic acids is 1. The highest BCUT2D eigenvalue weighted by Gasteiger charge is 2.23. The quantitative estimate of drug-likeness (QED) is 0.699. The van der Waals surface area contributed by atoms with Gasteiger partial charge in [0.1, 0.15) is 11.3 Å². The number of carboxylic acid groups (broad SMARTS) is 1. The highest BCUT2D eigenvalue weighted by atomic mass is 16.4. The highest BCUT2D eigenvalue weighted by Crippen LogP contribution is 2.34. The molecule has 2 aromatic carbocycles. The minimum absolute atomic E-state index is 0.0131. The molecule has 1 heterocycles. The molecule has 1 aliphatic carbocycles. The van der Waals surface area contributed by atoms with Crippen molar-refractivity contribution in [1.29, 1.82) is 0 Å². The fraction of sp³-hybridized carbons (Fsp3) is 0.100. The van der Waals surface area contributed by atoms with E-state index in [0.29, 0.717) is 40.8 Å². The monoisotopic (exact) mass is 333 g/mol. The number of carbonyl (C=O) groups is 1. The number of aromatic carboxylic acids is 1. The van der Waals surface area contributed by atoms with Crippen LogP contribution in [-0.2, 0) is 6.42 Å². The molecule has 0 spiro atoms. The molecule has 3 aromatic rings. The third-order valence-corrected chi connectivity index (χ3v) is 4.45. The number of anilines is 1. The van der Waals surface area contributed by atoms with Gasteiger partial charge in [-0.15, -0.1) is 0 Å². The van der Waals surface area contributed by atoms with Gasteiger partial charge in [-0.2, -0.15) is 0 Å². The lowest BCUT2D eigenvalue weighted by atomic mass is 10.1. The Labute approximate surface area is 143 Å². The van der Waals surface area contributed by atoms with E-state index in [1.807, 2.05) is 6.08 Å². The number of benzene rings is 2. The van der Waals surface area contributed by atoms with Crippen molar-refractivity contribution in [2.24, 2.45) is 0 Å². The van der Waals surface area contributed by atoms with Gasteiger partial charge in [0.15, 0.2) is 5.43 Å². The van der Waals surface area contributed by atoms with Crippen LogP contribution in [0.2, 0.25) is 0 Å². The van der Waals surface area contributed by atoms with E-state index in [1.54, 1.807) is 42.5 Å². The predicted octanol–water partition coefficient (Wildman–Crippen LogP) is 3.56. The van der Waals surface area contributed by atoms with Crippen LogP contribution in [0.5, 0.6) is 0 Å². The van der Waals surface area contributed by atoms with Crippen LogP contribution in [0.25, 0.3) is 22.6 Å². The Balaban J connectivity index is 1.82. The van der Waals surface area contributed by atoms with Crippen LogP contribution in [0.15, 0.2) is 51.7 Å². The van der Waals surface area contributed by atoms with Gasteiger partial charge in [0.25, 0.3) is 0 Å². The van der Waals surface area contributed by atoms with E-state index < -0.39 is 5.97 Å². The number of nitrogen functional groups attached to an aromatic ring is 1. The van der Waals surface area contributed by atoms with Crippen LogP contribution in [0.1, 0.15) is 33.7 Å². The lowest BCUT2D eigenvalue weighted by molar-refractivity contribution is 0.0697. The lowest BCUT2D eigenvalue weighted by Gasteiger charge is -2.05. The Bertz CT molecular complexity index is 1090. The van der Waals surface area contributed by atoms with Crippen molar-refractivity contribution in [3.05, 3.63) is 75.1 Å². The molecule has 124 valence electrons. The summed E-state index contributed by atoms with van der Waals surface area (Å²) < 4.78 is 5.97. The van der Waals surface area contributed by atoms with E-state index in [-0.39, 0.29) is 11.0 Å². The van der Waals surface area contributed by atoms with Gasteiger partial charge in [-0.05, 0) is 54.3 Å². The minimum atomic E-state index is -0.958. The Hall–Kier alpha value is -3.34. The summed E-state index contributed by atoms with van der Waals surface area (Å²) in [6.07, 6.45) is 3.27. The van der Waals surface area contributed by atoms with Gasteiger partial charge in [-0.1, -0.05) is 12.1 Å². The molecule has 0 amide bonds. The first kappa shape index (κ1) is 15.2. The van der Waals surface area contributed by atoms with Crippen molar-refractivity contribution in [3.63, 3.8) is 0 Å². The Morgan fingerprint density at radius 3 is 2.60 bits per heavy atom. The van der Waals surface area contributed by atoms with E-state index in [4.69, 9.17) is 15.3 Å². The number of allylic oxidation sites excluding steroid dienone is 1. The number of hydrogen-bond acceptors (Lipinski definition) is 4.